The summed E-state index contributed by atoms with van der Waals surface area (Å²) in [7, 11) is 0. The maximum atomic E-state index is 4.31. The van der Waals surface area contributed by atoms with Crippen LogP contribution in [0.5, 0.6) is 0 Å². The predicted octanol–water partition coefficient (Wildman–Crippen LogP) is 3.79. The van der Waals surface area contributed by atoms with Crippen LogP contribution in [0.25, 0.3) is 5.57 Å². The number of pyridine rings is 1. The van der Waals surface area contributed by atoms with Crippen LogP contribution in [0.4, 0.5) is 0 Å². The summed E-state index contributed by atoms with van der Waals surface area (Å²) in [5.41, 5.74) is 5.48. The minimum atomic E-state index is 0.973. The number of hydrogen-bond acceptors (Lipinski definition) is 2. The van der Waals surface area contributed by atoms with Crippen molar-refractivity contribution < 1.29 is 0 Å². The van der Waals surface area contributed by atoms with Crippen LogP contribution in [0.2, 0.25) is 0 Å². The molecule has 0 aromatic carbocycles. The van der Waals surface area contributed by atoms with Gasteiger partial charge in [0.05, 0.1) is 0 Å². The molecule has 0 spiro atoms. The van der Waals surface area contributed by atoms with Gasteiger partial charge in [-0.2, -0.15) is 0 Å². The minimum Gasteiger partial charge on any atom is -0.262 e. The van der Waals surface area contributed by atoms with Crippen LogP contribution in [0.1, 0.15) is 32.0 Å². The molecule has 0 aliphatic rings. The fourth-order valence-corrected chi connectivity index (χ4v) is 1.68. The molecule has 16 heavy (non-hydrogen) atoms. The summed E-state index contributed by atoms with van der Waals surface area (Å²) >= 11 is 0. The van der Waals surface area contributed by atoms with E-state index in [1.807, 2.05) is 26.1 Å². The lowest BCUT2D eigenvalue weighted by Gasteiger charge is -2.09. The van der Waals surface area contributed by atoms with Gasteiger partial charge in [-0.1, -0.05) is 18.2 Å². The summed E-state index contributed by atoms with van der Waals surface area (Å²) in [4.78, 5) is 8.55. The third kappa shape index (κ3) is 2.89. The molecule has 0 aliphatic carbocycles. The van der Waals surface area contributed by atoms with Gasteiger partial charge in [0.1, 0.15) is 0 Å². The Balaban J connectivity index is 3.25. The molecule has 0 unspecified atom stereocenters. The number of nitrogens with zero attached hydrogens (tertiary/aromatic N) is 2. The van der Waals surface area contributed by atoms with E-state index >= 15 is 0 Å². The van der Waals surface area contributed by atoms with E-state index in [-0.39, 0.29) is 0 Å². The van der Waals surface area contributed by atoms with Gasteiger partial charge in [0.15, 0.2) is 0 Å². The highest BCUT2D eigenvalue weighted by molar-refractivity contribution is 6.23. The average molecular weight is 214 g/mol. The highest BCUT2D eigenvalue weighted by atomic mass is 14.7. The van der Waals surface area contributed by atoms with Crippen LogP contribution in [-0.4, -0.2) is 10.7 Å². The number of hydrogen-bond donors (Lipinski definition) is 0. The molecule has 0 fully saturated rings. The van der Waals surface area contributed by atoms with Gasteiger partial charge < -0.3 is 0 Å². The van der Waals surface area contributed by atoms with Crippen molar-refractivity contribution in [3.63, 3.8) is 0 Å². The van der Waals surface area contributed by atoms with Crippen molar-refractivity contribution in [3.05, 3.63) is 47.9 Å². The Kier molecular flexibility index (Phi) is 4.18. The van der Waals surface area contributed by atoms with E-state index in [4.69, 9.17) is 0 Å². The van der Waals surface area contributed by atoms with E-state index in [1.165, 1.54) is 5.57 Å². The lowest BCUT2D eigenvalue weighted by molar-refractivity contribution is 1.19. The van der Waals surface area contributed by atoms with Crippen molar-refractivity contribution in [3.8, 4) is 0 Å². The van der Waals surface area contributed by atoms with Crippen LogP contribution in [0.15, 0.2) is 41.7 Å². The molecule has 1 heterocycles. The first-order valence-corrected chi connectivity index (χ1v) is 5.32. The van der Waals surface area contributed by atoms with Crippen molar-refractivity contribution in [1.82, 2.24) is 4.98 Å². The maximum absolute atomic E-state index is 4.31. The molecule has 0 N–H and O–H groups in total. The SMILES string of the molecule is C=CN=C(C)C(=C(C)C)c1ccc(C)nc1. The first-order chi connectivity index (χ1) is 7.56. The zero-order valence-corrected chi connectivity index (χ0v) is 10.4. The van der Waals surface area contributed by atoms with Gasteiger partial charge in [0, 0.05) is 34.9 Å². The molecule has 0 radical (unpaired) electrons. The van der Waals surface area contributed by atoms with E-state index in [2.05, 4.69) is 36.5 Å². The molecular weight excluding hydrogens is 196 g/mol. The average Bonchev–Trinajstić information content (AvgIpc) is 2.21. The largest absolute Gasteiger partial charge is 0.262 e. The molecular formula is C14H18N2. The summed E-state index contributed by atoms with van der Waals surface area (Å²) in [6, 6.07) is 4.09. The summed E-state index contributed by atoms with van der Waals surface area (Å²) in [5, 5.41) is 0. The Morgan fingerprint density at radius 2 is 2.00 bits per heavy atom. The van der Waals surface area contributed by atoms with Crippen LogP contribution in [0.3, 0.4) is 0 Å². The molecule has 84 valence electrons. The second-order valence-corrected chi connectivity index (χ2v) is 3.96. The fourth-order valence-electron chi connectivity index (χ4n) is 1.68. The van der Waals surface area contributed by atoms with Gasteiger partial charge >= 0.3 is 0 Å². The van der Waals surface area contributed by atoms with E-state index < -0.39 is 0 Å². The Labute approximate surface area is 97.5 Å². The van der Waals surface area contributed by atoms with Crippen LogP contribution in [-0.2, 0) is 0 Å². The Morgan fingerprint density at radius 3 is 2.44 bits per heavy atom. The van der Waals surface area contributed by atoms with Crippen LogP contribution >= 0.6 is 0 Å². The molecule has 2 nitrogen and oxygen atoms in total. The molecule has 1 aromatic heterocycles. The van der Waals surface area contributed by atoms with Crippen molar-refractivity contribution >= 4 is 11.3 Å². The van der Waals surface area contributed by atoms with E-state index in [0.717, 1.165) is 22.5 Å². The number of allylic oxidation sites excluding steroid dienone is 2. The number of aromatic nitrogens is 1. The third-order valence-corrected chi connectivity index (χ3v) is 2.35. The Hall–Kier alpha value is -1.70. The molecule has 0 amide bonds. The normalized spacial score (nSPS) is 11.1. The highest BCUT2D eigenvalue weighted by Gasteiger charge is 2.07. The monoisotopic (exact) mass is 214 g/mol. The second kappa shape index (κ2) is 5.40. The molecule has 0 saturated carbocycles. The van der Waals surface area contributed by atoms with E-state index in [9.17, 15) is 0 Å². The smallest absolute Gasteiger partial charge is 0.0450 e. The summed E-state index contributed by atoms with van der Waals surface area (Å²) < 4.78 is 0. The van der Waals surface area contributed by atoms with E-state index in [1.54, 1.807) is 6.20 Å². The number of aryl methyl sites for hydroxylation is 1. The quantitative estimate of drug-likeness (QED) is 0.703. The molecule has 1 rings (SSSR count). The van der Waals surface area contributed by atoms with Gasteiger partial charge in [0.2, 0.25) is 0 Å². The topological polar surface area (TPSA) is 25.2 Å². The molecule has 1 aromatic rings. The first kappa shape index (κ1) is 12.4. The summed E-state index contributed by atoms with van der Waals surface area (Å²) in [5.74, 6) is 0. The van der Waals surface area contributed by atoms with Gasteiger partial charge in [-0.15, -0.1) is 0 Å². The third-order valence-electron chi connectivity index (χ3n) is 2.35. The Bertz CT molecular complexity index is 432. The Morgan fingerprint density at radius 1 is 1.31 bits per heavy atom. The zero-order valence-electron chi connectivity index (χ0n) is 10.4. The second-order valence-electron chi connectivity index (χ2n) is 3.96. The van der Waals surface area contributed by atoms with Gasteiger partial charge in [-0.25, -0.2) is 0 Å². The van der Waals surface area contributed by atoms with Gasteiger partial charge in [-0.3, -0.25) is 9.98 Å². The highest BCUT2D eigenvalue weighted by Crippen LogP contribution is 2.20. The van der Waals surface area contributed by atoms with Crippen LogP contribution < -0.4 is 0 Å². The van der Waals surface area contributed by atoms with Gasteiger partial charge in [-0.05, 0) is 33.8 Å². The lowest BCUT2D eigenvalue weighted by atomic mass is 9.99. The molecule has 2 heteroatoms. The van der Waals surface area contributed by atoms with Crippen molar-refractivity contribution in [2.75, 3.05) is 0 Å². The lowest BCUT2D eigenvalue weighted by Crippen LogP contribution is -1.99. The molecule has 0 bridgehead atoms. The number of aliphatic imine (C=N–C) groups is 1. The van der Waals surface area contributed by atoms with Crippen molar-refractivity contribution in [1.29, 1.82) is 0 Å². The predicted molar refractivity (Wildman–Crippen MR) is 70.5 cm³/mol. The standard InChI is InChI=1S/C14H18N2/c1-6-15-12(5)14(10(2)3)13-8-7-11(4)16-9-13/h6-9H,1H2,2-5H3. The fraction of sp³-hybridized carbons (Fsp3) is 0.286. The molecule has 0 aliphatic heterocycles. The van der Waals surface area contributed by atoms with Crippen LogP contribution in [0, 0.1) is 6.92 Å². The molecule has 0 saturated heterocycles. The van der Waals surface area contributed by atoms with E-state index in [0.29, 0.717) is 0 Å². The van der Waals surface area contributed by atoms with Gasteiger partial charge in [0.25, 0.3) is 0 Å². The summed E-state index contributed by atoms with van der Waals surface area (Å²) in [6.45, 7) is 11.8. The maximum Gasteiger partial charge on any atom is 0.0450 e. The summed E-state index contributed by atoms with van der Waals surface area (Å²) in [6.07, 6.45) is 3.46. The van der Waals surface area contributed by atoms with Crippen molar-refractivity contribution in [2.45, 2.75) is 27.7 Å². The number of rotatable bonds is 3. The zero-order chi connectivity index (χ0) is 12.1. The first-order valence-electron chi connectivity index (χ1n) is 5.32. The molecule has 0 atom stereocenters. The minimum absolute atomic E-state index is 0.973. The van der Waals surface area contributed by atoms with Crippen molar-refractivity contribution in [2.24, 2.45) is 4.99 Å².